The molecule has 1 aromatic carbocycles. The molecule has 0 saturated heterocycles. The van der Waals surface area contributed by atoms with Crippen LogP contribution in [0, 0.1) is 0 Å². The van der Waals surface area contributed by atoms with Crippen LogP contribution in [0.2, 0.25) is 0 Å². The highest BCUT2D eigenvalue weighted by atomic mass is 15.2. The van der Waals surface area contributed by atoms with Crippen LogP contribution in [0.25, 0.3) is 11.3 Å². The lowest BCUT2D eigenvalue weighted by molar-refractivity contribution is 0.321. The monoisotopic (exact) mass is 285 g/mol. The van der Waals surface area contributed by atoms with Crippen LogP contribution >= 0.6 is 0 Å². The van der Waals surface area contributed by atoms with E-state index in [0.717, 1.165) is 11.3 Å². The van der Waals surface area contributed by atoms with Crippen LogP contribution in [-0.4, -0.2) is 43.1 Å². The Kier molecular flexibility index (Phi) is 4.43. The van der Waals surface area contributed by atoms with Crippen molar-refractivity contribution in [1.29, 1.82) is 0 Å². The Labute approximate surface area is 126 Å². The fraction of sp³-hybridized carbons (Fsp3) is 0.375. The van der Waals surface area contributed by atoms with Crippen molar-refractivity contribution in [2.45, 2.75) is 13.0 Å². The highest BCUT2D eigenvalue weighted by Gasteiger charge is 2.11. The van der Waals surface area contributed by atoms with E-state index in [-0.39, 0.29) is 0 Å². The number of aromatic nitrogens is 2. The van der Waals surface area contributed by atoms with E-state index in [1.165, 1.54) is 5.56 Å². The third kappa shape index (κ3) is 3.49. The number of benzene rings is 1. The molecule has 0 bridgehead atoms. The molecule has 1 heterocycles. The molecule has 0 amide bonds. The summed E-state index contributed by atoms with van der Waals surface area (Å²) in [5.74, 6) is 1.10. The van der Waals surface area contributed by atoms with E-state index in [0.29, 0.717) is 17.8 Å². The van der Waals surface area contributed by atoms with E-state index >= 15 is 0 Å². The average molecular weight is 285 g/mol. The number of nitrogen functional groups attached to an aromatic ring is 1. The maximum absolute atomic E-state index is 5.89. The average Bonchev–Trinajstić information content (AvgIpc) is 2.45. The zero-order valence-electron chi connectivity index (χ0n) is 13.3. The molecule has 5 nitrogen and oxygen atoms in total. The highest BCUT2D eigenvalue weighted by Crippen LogP contribution is 2.25. The fourth-order valence-electron chi connectivity index (χ4n) is 2.06. The molecule has 21 heavy (non-hydrogen) atoms. The second kappa shape index (κ2) is 6.10. The standard InChI is InChI=1S/C16H23N5/c1-11(20(2)3)12-7-6-8-13(9-12)14-10-15(17)19-16(18-14)21(4)5/h6-11H,1-5H3,(H2,17,18,19)/t11-/m0/s1. The Hall–Kier alpha value is -2.14. The predicted octanol–water partition coefficient (Wildman–Crippen LogP) is 2.41. The molecule has 5 heteroatoms. The summed E-state index contributed by atoms with van der Waals surface area (Å²) < 4.78 is 0. The highest BCUT2D eigenvalue weighted by molar-refractivity contribution is 5.64. The Bertz CT molecular complexity index is 622. The number of rotatable bonds is 4. The molecule has 2 aromatic rings. The first-order chi connectivity index (χ1) is 9.88. The molecule has 1 aromatic heterocycles. The molecule has 0 spiro atoms. The van der Waals surface area contributed by atoms with E-state index in [4.69, 9.17) is 5.73 Å². The van der Waals surface area contributed by atoms with Crippen LogP contribution < -0.4 is 10.6 Å². The maximum Gasteiger partial charge on any atom is 0.227 e. The minimum atomic E-state index is 0.345. The summed E-state index contributed by atoms with van der Waals surface area (Å²) in [6.07, 6.45) is 0. The van der Waals surface area contributed by atoms with Gasteiger partial charge < -0.3 is 15.5 Å². The SMILES string of the molecule is C[C@@H](c1cccc(-c2cc(N)nc(N(C)C)n2)c1)N(C)C. The van der Waals surface area contributed by atoms with Crippen LogP contribution in [0.5, 0.6) is 0 Å². The summed E-state index contributed by atoms with van der Waals surface area (Å²) in [5, 5.41) is 0. The predicted molar refractivity (Wildman–Crippen MR) is 88.3 cm³/mol. The van der Waals surface area contributed by atoms with Crippen molar-refractivity contribution in [3.05, 3.63) is 35.9 Å². The topological polar surface area (TPSA) is 58.3 Å². The quantitative estimate of drug-likeness (QED) is 0.935. The smallest absolute Gasteiger partial charge is 0.227 e. The van der Waals surface area contributed by atoms with Crippen molar-refractivity contribution in [2.75, 3.05) is 38.8 Å². The van der Waals surface area contributed by atoms with E-state index in [2.05, 4.69) is 54.1 Å². The Balaban J connectivity index is 2.45. The molecular weight excluding hydrogens is 262 g/mol. The van der Waals surface area contributed by atoms with Gasteiger partial charge in [0.2, 0.25) is 5.95 Å². The van der Waals surface area contributed by atoms with Crippen molar-refractivity contribution in [3.63, 3.8) is 0 Å². The first-order valence-corrected chi connectivity index (χ1v) is 6.97. The Morgan fingerprint density at radius 2 is 1.76 bits per heavy atom. The van der Waals surface area contributed by atoms with Gasteiger partial charge in [-0.15, -0.1) is 0 Å². The summed E-state index contributed by atoms with van der Waals surface area (Å²) in [4.78, 5) is 12.8. The first-order valence-electron chi connectivity index (χ1n) is 6.97. The van der Waals surface area contributed by atoms with Gasteiger partial charge in [-0.1, -0.05) is 18.2 Å². The van der Waals surface area contributed by atoms with E-state index in [1.54, 1.807) is 0 Å². The van der Waals surface area contributed by atoms with Crippen LogP contribution in [0.1, 0.15) is 18.5 Å². The minimum Gasteiger partial charge on any atom is -0.384 e. The lowest BCUT2D eigenvalue weighted by Gasteiger charge is -2.20. The van der Waals surface area contributed by atoms with Crippen LogP contribution in [0.4, 0.5) is 11.8 Å². The van der Waals surface area contributed by atoms with Crippen molar-refractivity contribution >= 4 is 11.8 Å². The zero-order chi connectivity index (χ0) is 15.6. The first kappa shape index (κ1) is 15.3. The second-order valence-electron chi connectivity index (χ2n) is 5.64. The van der Waals surface area contributed by atoms with Gasteiger partial charge in [-0.2, -0.15) is 4.98 Å². The van der Waals surface area contributed by atoms with E-state index in [9.17, 15) is 0 Å². The van der Waals surface area contributed by atoms with Gasteiger partial charge in [0.15, 0.2) is 0 Å². The molecule has 0 fully saturated rings. The number of nitrogens with two attached hydrogens (primary N) is 1. The Morgan fingerprint density at radius 1 is 1.05 bits per heavy atom. The molecule has 2 N–H and O–H groups in total. The third-order valence-electron chi connectivity index (χ3n) is 3.57. The largest absolute Gasteiger partial charge is 0.384 e. The molecule has 1 atom stereocenters. The molecule has 0 saturated carbocycles. The minimum absolute atomic E-state index is 0.345. The maximum atomic E-state index is 5.89. The summed E-state index contributed by atoms with van der Waals surface area (Å²) in [5.41, 5.74) is 9.05. The van der Waals surface area contributed by atoms with E-state index < -0.39 is 0 Å². The molecule has 0 unspecified atom stereocenters. The molecule has 2 rings (SSSR count). The molecule has 0 aliphatic carbocycles. The van der Waals surface area contributed by atoms with Gasteiger partial charge in [0.1, 0.15) is 5.82 Å². The number of nitrogens with zero attached hydrogens (tertiary/aromatic N) is 4. The summed E-state index contributed by atoms with van der Waals surface area (Å²) >= 11 is 0. The fourth-order valence-corrected chi connectivity index (χ4v) is 2.06. The van der Waals surface area contributed by atoms with Crippen molar-refractivity contribution in [1.82, 2.24) is 14.9 Å². The van der Waals surface area contributed by atoms with Gasteiger partial charge in [-0.25, -0.2) is 4.98 Å². The molecular formula is C16H23N5. The lowest BCUT2D eigenvalue weighted by Crippen LogP contribution is -2.16. The van der Waals surface area contributed by atoms with Crippen molar-refractivity contribution < 1.29 is 0 Å². The van der Waals surface area contributed by atoms with Crippen LogP contribution in [0.15, 0.2) is 30.3 Å². The van der Waals surface area contributed by atoms with Crippen LogP contribution in [-0.2, 0) is 0 Å². The van der Waals surface area contributed by atoms with Crippen LogP contribution in [0.3, 0.4) is 0 Å². The van der Waals surface area contributed by atoms with Gasteiger partial charge >= 0.3 is 0 Å². The number of hydrogen-bond acceptors (Lipinski definition) is 5. The third-order valence-corrected chi connectivity index (χ3v) is 3.57. The number of anilines is 2. The van der Waals surface area contributed by atoms with E-state index in [1.807, 2.05) is 31.1 Å². The summed E-state index contributed by atoms with van der Waals surface area (Å²) in [6.45, 7) is 2.18. The molecule has 0 aliphatic rings. The Morgan fingerprint density at radius 3 is 2.38 bits per heavy atom. The van der Waals surface area contributed by atoms with Gasteiger partial charge in [-0.3, -0.25) is 0 Å². The van der Waals surface area contributed by atoms with Crippen molar-refractivity contribution in [3.8, 4) is 11.3 Å². The van der Waals surface area contributed by atoms with Gasteiger partial charge in [0, 0.05) is 31.8 Å². The van der Waals surface area contributed by atoms with Gasteiger partial charge in [0.25, 0.3) is 0 Å². The zero-order valence-corrected chi connectivity index (χ0v) is 13.3. The summed E-state index contributed by atoms with van der Waals surface area (Å²) in [7, 11) is 7.96. The van der Waals surface area contributed by atoms with Gasteiger partial charge in [0.05, 0.1) is 5.69 Å². The second-order valence-corrected chi connectivity index (χ2v) is 5.64. The number of hydrogen-bond donors (Lipinski definition) is 1. The van der Waals surface area contributed by atoms with Crippen molar-refractivity contribution in [2.24, 2.45) is 0 Å². The van der Waals surface area contributed by atoms with Gasteiger partial charge in [-0.05, 0) is 32.6 Å². The normalized spacial score (nSPS) is 12.5. The lowest BCUT2D eigenvalue weighted by atomic mass is 10.0. The molecule has 0 aliphatic heterocycles. The molecule has 112 valence electrons. The molecule has 0 radical (unpaired) electrons. The summed E-state index contributed by atoms with van der Waals surface area (Å²) in [6, 6.07) is 10.5.